The molecule has 0 amide bonds. The molecule has 1 aromatic rings. The Balaban J connectivity index is 0.000000791. The number of rotatable bonds is 3. The zero-order valence-corrected chi connectivity index (χ0v) is 10.4. The van der Waals surface area contributed by atoms with Crippen molar-refractivity contribution in [3.05, 3.63) is 29.1 Å². The van der Waals surface area contributed by atoms with Gasteiger partial charge in [0.05, 0.1) is 0 Å². The summed E-state index contributed by atoms with van der Waals surface area (Å²) in [7, 11) is 0. The number of hydrogen-bond acceptors (Lipinski definition) is 1. The quantitative estimate of drug-likeness (QED) is 0.689. The van der Waals surface area contributed by atoms with Gasteiger partial charge in [0, 0.05) is 17.3 Å². The molecule has 0 aromatic carbocycles. The first-order valence-corrected chi connectivity index (χ1v) is 5.82. The van der Waals surface area contributed by atoms with Gasteiger partial charge < -0.3 is 0 Å². The summed E-state index contributed by atoms with van der Waals surface area (Å²) >= 11 is 5.78. The molecule has 2 heteroatoms. The van der Waals surface area contributed by atoms with Gasteiger partial charge in [0.2, 0.25) is 0 Å². The van der Waals surface area contributed by atoms with Crippen LogP contribution in [0.2, 0.25) is 0 Å². The Labute approximate surface area is 92.5 Å². The van der Waals surface area contributed by atoms with E-state index in [4.69, 9.17) is 11.6 Å². The van der Waals surface area contributed by atoms with Crippen LogP contribution in [-0.2, 0) is 12.3 Å². The number of pyridine rings is 1. The van der Waals surface area contributed by atoms with Gasteiger partial charge in [-0.05, 0) is 25.0 Å². The Kier molecular flexibility index (Phi) is 7.50. The molecule has 1 nitrogen and oxygen atoms in total. The first-order valence-electron chi connectivity index (χ1n) is 5.29. The van der Waals surface area contributed by atoms with E-state index in [1.807, 2.05) is 26.8 Å². The summed E-state index contributed by atoms with van der Waals surface area (Å²) in [5, 5.41) is 0. The molecule has 0 saturated heterocycles. The highest BCUT2D eigenvalue weighted by atomic mass is 35.5. The Morgan fingerprint density at radius 2 is 1.93 bits per heavy atom. The molecule has 0 aliphatic heterocycles. The van der Waals surface area contributed by atoms with Crippen molar-refractivity contribution in [1.29, 1.82) is 0 Å². The topological polar surface area (TPSA) is 12.9 Å². The smallest absolute Gasteiger partial charge is 0.0492 e. The minimum Gasteiger partial charge on any atom is -0.258 e. The molecular weight excluding hydrogens is 194 g/mol. The lowest BCUT2D eigenvalue weighted by molar-refractivity contribution is 0.860. The molecule has 0 radical (unpaired) electrons. The van der Waals surface area contributed by atoms with Crippen LogP contribution in [0.1, 0.15) is 44.1 Å². The lowest BCUT2D eigenvalue weighted by atomic mass is 10.1. The van der Waals surface area contributed by atoms with Gasteiger partial charge in [-0.25, -0.2) is 0 Å². The molecule has 0 N–H and O–H groups in total. The highest BCUT2D eigenvalue weighted by molar-refractivity contribution is 6.17. The second-order valence-corrected chi connectivity index (χ2v) is 3.21. The van der Waals surface area contributed by atoms with E-state index in [0.717, 1.165) is 24.2 Å². The van der Waals surface area contributed by atoms with Gasteiger partial charge in [-0.2, -0.15) is 0 Å². The summed E-state index contributed by atoms with van der Waals surface area (Å²) in [6.07, 6.45) is 2.16. The second-order valence-electron chi connectivity index (χ2n) is 2.94. The fourth-order valence-corrected chi connectivity index (χ4v) is 1.46. The normalized spacial score (nSPS) is 9.21. The van der Waals surface area contributed by atoms with Crippen molar-refractivity contribution in [3.63, 3.8) is 0 Å². The maximum atomic E-state index is 5.78. The molecule has 0 atom stereocenters. The predicted molar refractivity (Wildman–Crippen MR) is 63.9 cm³/mol. The Hall–Kier alpha value is -0.560. The first-order chi connectivity index (χ1) is 6.77. The van der Waals surface area contributed by atoms with Crippen LogP contribution in [0.5, 0.6) is 0 Å². The van der Waals surface area contributed by atoms with E-state index in [2.05, 4.69) is 18.0 Å². The number of aryl methyl sites for hydroxylation is 2. The number of alkyl halides is 1. The fourth-order valence-electron chi connectivity index (χ4n) is 1.21. The Morgan fingerprint density at radius 1 is 1.29 bits per heavy atom. The molecule has 0 unspecified atom stereocenters. The average Bonchev–Trinajstić information content (AvgIpc) is 2.22. The summed E-state index contributed by atoms with van der Waals surface area (Å²) in [6.45, 7) is 8.17. The number of nitrogens with zero attached hydrogens (tertiary/aromatic N) is 1. The zero-order valence-electron chi connectivity index (χ0n) is 9.60. The summed E-state index contributed by atoms with van der Waals surface area (Å²) < 4.78 is 0. The first kappa shape index (κ1) is 13.4. The number of halogens is 1. The van der Waals surface area contributed by atoms with Crippen LogP contribution in [0, 0.1) is 6.92 Å². The summed E-state index contributed by atoms with van der Waals surface area (Å²) in [5.41, 5.74) is 3.41. The molecule has 1 aromatic heterocycles. The maximum Gasteiger partial charge on any atom is 0.0492 e. The molecule has 80 valence electrons. The molecular formula is C12H20ClN. The molecule has 0 fully saturated rings. The SMILES string of the molecule is CC.CCCc1nc(C)ccc1CCl. The minimum atomic E-state index is 0.572. The van der Waals surface area contributed by atoms with Gasteiger partial charge in [0.25, 0.3) is 0 Å². The van der Waals surface area contributed by atoms with E-state index in [9.17, 15) is 0 Å². The molecule has 1 rings (SSSR count). The number of aromatic nitrogens is 1. The van der Waals surface area contributed by atoms with Crippen LogP contribution in [0.15, 0.2) is 12.1 Å². The summed E-state index contributed by atoms with van der Waals surface area (Å²) in [6, 6.07) is 4.08. The van der Waals surface area contributed by atoms with E-state index in [1.165, 1.54) is 5.56 Å². The van der Waals surface area contributed by atoms with E-state index in [-0.39, 0.29) is 0 Å². The number of hydrogen-bond donors (Lipinski definition) is 0. The van der Waals surface area contributed by atoms with Crippen molar-refractivity contribution in [2.24, 2.45) is 0 Å². The van der Waals surface area contributed by atoms with E-state index >= 15 is 0 Å². The van der Waals surface area contributed by atoms with E-state index in [1.54, 1.807) is 0 Å². The molecule has 0 spiro atoms. The Bertz CT molecular complexity index is 258. The average molecular weight is 214 g/mol. The van der Waals surface area contributed by atoms with Crippen molar-refractivity contribution in [2.45, 2.75) is 46.4 Å². The fraction of sp³-hybridized carbons (Fsp3) is 0.583. The standard InChI is InChI=1S/C10H14ClN.C2H6/c1-3-4-10-9(7-11)6-5-8(2)12-10;1-2/h5-6H,3-4,7H2,1-2H3;1-2H3. The van der Waals surface area contributed by atoms with Gasteiger partial charge in [-0.3, -0.25) is 4.98 Å². The monoisotopic (exact) mass is 213 g/mol. The van der Waals surface area contributed by atoms with Gasteiger partial charge in [-0.15, -0.1) is 11.6 Å². The lowest BCUT2D eigenvalue weighted by Gasteiger charge is -2.05. The van der Waals surface area contributed by atoms with Gasteiger partial charge in [-0.1, -0.05) is 33.3 Å². The second kappa shape index (κ2) is 7.81. The van der Waals surface area contributed by atoms with Crippen LogP contribution in [0.3, 0.4) is 0 Å². The third-order valence-corrected chi connectivity index (χ3v) is 2.13. The molecule has 0 saturated carbocycles. The van der Waals surface area contributed by atoms with Crippen LogP contribution >= 0.6 is 11.6 Å². The van der Waals surface area contributed by atoms with Crippen molar-refractivity contribution in [2.75, 3.05) is 0 Å². The molecule has 14 heavy (non-hydrogen) atoms. The van der Waals surface area contributed by atoms with Gasteiger partial charge in [0.15, 0.2) is 0 Å². The largest absolute Gasteiger partial charge is 0.258 e. The van der Waals surface area contributed by atoms with Crippen molar-refractivity contribution < 1.29 is 0 Å². The molecule has 0 aliphatic carbocycles. The highest BCUT2D eigenvalue weighted by Gasteiger charge is 2.01. The third kappa shape index (κ3) is 4.10. The predicted octanol–water partition coefficient (Wildman–Crippen LogP) is 4.11. The third-order valence-electron chi connectivity index (χ3n) is 1.84. The molecule has 1 heterocycles. The summed E-state index contributed by atoms with van der Waals surface area (Å²) in [5.74, 6) is 0.572. The lowest BCUT2D eigenvalue weighted by Crippen LogP contribution is -1.97. The molecule has 0 bridgehead atoms. The van der Waals surface area contributed by atoms with Crippen LogP contribution in [-0.4, -0.2) is 4.98 Å². The maximum absolute atomic E-state index is 5.78. The minimum absolute atomic E-state index is 0.572. The van der Waals surface area contributed by atoms with Crippen molar-refractivity contribution in [1.82, 2.24) is 4.98 Å². The zero-order chi connectivity index (χ0) is 11.0. The molecule has 0 aliphatic rings. The van der Waals surface area contributed by atoms with Crippen LogP contribution in [0.25, 0.3) is 0 Å². The van der Waals surface area contributed by atoms with Crippen molar-refractivity contribution >= 4 is 11.6 Å². The van der Waals surface area contributed by atoms with Crippen molar-refractivity contribution in [3.8, 4) is 0 Å². The highest BCUT2D eigenvalue weighted by Crippen LogP contribution is 2.12. The van der Waals surface area contributed by atoms with Crippen LogP contribution < -0.4 is 0 Å². The van der Waals surface area contributed by atoms with Crippen LogP contribution in [0.4, 0.5) is 0 Å². The van der Waals surface area contributed by atoms with Gasteiger partial charge in [0.1, 0.15) is 0 Å². The Morgan fingerprint density at radius 3 is 2.43 bits per heavy atom. The van der Waals surface area contributed by atoms with E-state index in [0.29, 0.717) is 5.88 Å². The van der Waals surface area contributed by atoms with E-state index < -0.39 is 0 Å². The van der Waals surface area contributed by atoms with Gasteiger partial charge >= 0.3 is 0 Å². The summed E-state index contributed by atoms with van der Waals surface area (Å²) in [4.78, 5) is 4.45.